The molecule has 0 bridgehead atoms. The number of nitrogens with zero attached hydrogens (tertiary/aromatic N) is 1. The van der Waals surface area contributed by atoms with Gasteiger partial charge in [0.2, 0.25) is 0 Å². The van der Waals surface area contributed by atoms with E-state index in [9.17, 15) is 9.59 Å². The van der Waals surface area contributed by atoms with E-state index in [0.717, 1.165) is 48.8 Å². The molecule has 0 radical (unpaired) electrons. The fourth-order valence-corrected chi connectivity index (χ4v) is 4.80. The van der Waals surface area contributed by atoms with Crippen LogP contribution in [0.5, 0.6) is 0 Å². The van der Waals surface area contributed by atoms with Crippen LogP contribution in [0.4, 0.5) is 0 Å². The van der Waals surface area contributed by atoms with Crippen LogP contribution in [-0.4, -0.2) is 29.4 Å². The molecule has 0 amide bonds. The molecule has 0 spiro atoms. The molecular weight excluding hydrogens is 302 g/mol. The summed E-state index contributed by atoms with van der Waals surface area (Å²) in [6, 6.07) is 3.83. The van der Waals surface area contributed by atoms with Crippen LogP contribution < -0.4 is 0 Å². The van der Waals surface area contributed by atoms with E-state index < -0.39 is 0 Å². The number of rotatable bonds is 5. The Morgan fingerprint density at radius 3 is 2.88 bits per heavy atom. The second-order valence-corrected chi connectivity index (χ2v) is 7.23. The minimum Gasteiger partial charge on any atom is -0.363 e. The summed E-state index contributed by atoms with van der Waals surface area (Å²) >= 11 is 0. The molecule has 2 atom stereocenters. The molecule has 1 saturated heterocycles. The number of carbonyl (C=O) groups excluding carboxylic acids is 2. The largest absolute Gasteiger partial charge is 0.363 e. The highest BCUT2D eigenvalue weighted by Gasteiger charge is 2.52. The topological polar surface area (TPSA) is 46.6 Å². The summed E-state index contributed by atoms with van der Waals surface area (Å²) in [5, 5.41) is 1.97. The van der Waals surface area contributed by atoms with Gasteiger partial charge >= 0.3 is 5.97 Å². The quantitative estimate of drug-likeness (QED) is 0.772. The van der Waals surface area contributed by atoms with Crippen molar-refractivity contribution in [1.82, 2.24) is 5.06 Å². The molecule has 4 heteroatoms. The van der Waals surface area contributed by atoms with Crippen LogP contribution in [0.3, 0.4) is 0 Å². The summed E-state index contributed by atoms with van der Waals surface area (Å²) in [6.45, 7) is 6.86. The van der Waals surface area contributed by atoms with Crippen molar-refractivity contribution >= 4 is 12.3 Å². The Hall–Kier alpha value is -1.68. The average Bonchev–Trinajstić information content (AvgIpc) is 3.11. The van der Waals surface area contributed by atoms with Gasteiger partial charge in [0.05, 0.1) is 11.1 Å². The minimum absolute atomic E-state index is 0.0396. The SMILES string of the molecule is CCC12CCCC1CCN2OC(=O)c1c(C)ccc(CC=O)c1C. The Labute approximate surface area is 144 Å². The van der Waals surface area contributed by atoms with Gasteiger partial charge in [-0.05, 0) is 62.1 Å². The van der Waals surface area contributed by atoms with E-state index in [1.54, 1.807) is 0 Å². The van der Waals surface area contributed by atoms with Crippen LogP contribution in [-0.2, 0) is 16.1 Å². The van der Waals surface area contributed by atoms with Gasteiger partial charge in [0, 0.05) is 13.0 Å². The zero-order chi connectivity index (χ0) is 17.3. The van der Waals surface area contributed by atoms with E-state index in [0.29, 0.717) is 17.9 Å². The Kier molecular flexibility index (Phi) is 4.77. The Balaban J connectivity index is 1.85. The van der Waals surface area contributed by atoms with Gasteiger partial charge in [-0.3, -0.25) is 0 Å². The molecule has 2 fully saturated rings. The van der Waals surface area contributed by atoms with Crippen molar-refractivity contribution in [2.75, 3.05) is 6.54 Å². The summed E-state index contributed by atoms with van der Waals surface area (Å²) in [5.74, 6) is 0.372. The molecule has 1 aromatic rings. The van der Waals surface area contributed by atoms with E-state index in [-0.39, 0.29) is 11.5 Å². The molecule has 2 aliphatic rings. The molecule has 130 valence electrons. The van der Waals surface area contributed by atoms with E-state index in [2.05, 4.69) is 6.92 Å². The maximum atomic E-state index is 12.9. The number of aryl methyl sites for hydroxylation is 1. The standard InChI is InChI=1S/C20H27NO3/c1-4-20-11-5-6-17(20)9-12-21(20)24-19(23)18-14(2)7-8-16(10-13-22)15(18)3/h7-8,13,17H,4-6,9-12H2,1-3H3. The predicted molar refractivity (Wildman–Crippen MR) is 92.8 cm³/mol. The molecule has 0 aromatic heterocycles. The van der Waals surface area contributed by atoms with E-state index >= 15 is 0 Å². The van der Waals surface area contributed by atoms with Gasteiger partial charge in [-0.15, -0.1) is 5.06 Å². The zero-order valence-electron chi connectivity index (χ0n) is 14.9. The third kappa shape index (κ3) is 2.67. The van der Waals surface area contributed by atoms with E-state index in [4.69, 9.17) is 4.84 Å². The molecule has 0 N–H and O–H groups in total. The molecule has 3 rings (SSSR count). The minimum atomic E-state index is -0.280. The van der Waals surface area contributed by atoms with Crippen molar-refractivity contribution in [2.45, 2.75) is 64.8 Å². The number of hydroxylamine groups is 2. The molecule has 2 unspecified atom stereocenters. The Morgan fingerprint density at radius 2 is 2.17 bits per heavy atom. The normalized spacial score (nSPS) is 26.4. The predicted octanol–water partition coefficient (Wildman–Crippen LogP) is 3.77. The number of fused-ring (bicyclic) bond motifs is 1. The van der Waals surface area contributed by atoms with Gasteiger partial charge in [-0.2, -0.15) is 0 Å². The first-order valence-electron chi connectivity index (χ1n) is 9.06. The molecule has 1 aromatic carbocycles. The van der Waals surface area contributed by atoms with E-state index in [1.165, 1.54) is 12.8 Å². The smallest absolute Gasteiger partial charge is 0.357 e. The third-order valence-electron chi connectivity index (χ3n) is 6.20. The summed E-state index contributed by atoms with van der Waals surface area (Å²) in [4.78, 5) is 29.7. The molecule has 1 aliphatic carbocycles. The van der Waals surface area contributed by atoms with Gasteiger partial charge in [0.1, 0.15) is 6.29 Å². The van der Waals surface area contributed by atoms with Crippen LogP contribution in [0.1, 0.15) is 66.1 Å². The molecular formula is C20H27NO3. The number of aldehydes is 1. The lowest BCUT2D eigenvalue weighted by Gasteiger charge is -2.36. The van der Waals surface area contributed by atoms with Crippen molar-refractivity contribution in [3.63, 3.8) is 0 Å². The van der Waals surface area contributed by atoms with Gasteiger partial charge < -0.3 is 9.63 Å². The number of benzene rings is 1. The molecule has 1 heterocycles. The molecule has 4 nitrogen and oxygen atoms in total. The summed E-state index contributed by atoms with van der Waals surface area (Å²) < 4.78 is 0. The monoisotopic (exact) mass is 329 g/mol. The van der Waals surface area contributed by atoms with Crippen molar-refractivity contribution in [3.05, 3.63) is 34.4 Å². The maximum Gasteiger partial charge on any atom is 0.357 e. The van der Waals surface area contributed by atoms with Crippen LogP contribution in [0.15, 0.2) is 12.1 Å². The molecule has 24 heavy (non-hydrogen) atoms. The van der Waals surface area contributed by atoms with Crippen LogP contribution in [0.25, 0.3) is 0 Å². The summed E-state index contributed by atoms with van der Waals surface area (Å²) in [5.41, 5.74) is 3.31. The van der Waals surface area contributed by atoms with Crippen LogP contribution in [0.2, 0.25) is 0 Å². The average molecular weight is 329 g/mol. The highest BCUT2D eigenvalue weighted by atomic mass is 16.7. The fraction of sp³-hybridized carbons (Fsp3) is 0.600. The molecule has 1 saturated carbocycles. The van der Waals surface area contributed by atoms with Crippen LogP contribution in [0, 0.1) is 19.8 Å². The first kappa shape index (κ1) is 17.2. The lowest BCUT2D eigenvalue weighted by Crippen LogP contribution is -2.45. The number of carbonyl (C=O) groups is 2. The van der Waals surface area contributed by atoms with Crippen molar-refractivity contribution in [1.29, 1.82) is 0 Å². The van der Waals surface area contributed by atoms with Gasteiger partial charge in [-0.1, -0.05) is 25.5 Å². The van der Waals surface area contributed by atoms with Gasteiger partial charge in [0.25, 0.3) is 0 Å². The Bertz CT molecular complexity index is 655. The van der Waals surface area contributed by atoms with E-state index in [1.807, 2.05) is 31.0 Å². The highest BCUT2D eigenvalue weighted by molar-refractivity contribution is 5.93. The second-order valence-electron chi connectivity index (χ2n) is 7.23. The lowest BCUT2D eigenvalue weighted by atomic mass is 9.86. The highest BCUT2D eigenvalue weighted by Crippen LogP contribution is 2.49. The number of hydrogen-bond acceptors (Lipinski definition) is 4. The Morgan fingerprint density at radius 1 is 1.38 bits per heavy atom. The summed E-state index contributed by atoms with van der Waals surface area (Å²) in [6.07, 6.45) is 6.93. The van der Waals surface area contributed by atoms with Crippen molar-refractivity contribution in [2.24, 2.45) is 5.92 Å². The van der Waals surface area contributed by atoms with Crippen molar-refractivity contribution in [3.8, 4) is 0 Å². The summed E-state index contributed by atoms with van der Waals surface area (Å²) in [7, 11) is 0. The zero-order valence-corrected chi connectivity index (χ0v) is 14.9. The first-order valence-corrected chi connectivity index (χ1v) is 9.06. The van der Waals surface area contributed by atoms with Crippen molar-refractivity contribution < 1.29 is 14.4 Å². The van der Waals surface area contributed by atoms with Gasteiger partial charge in [-0.25, -0.2) is 4.79 Å². The maximum absolute atomic E-state index is 12.9. The fourth-order valence-electron chi connectivity index (χ4n) is 4.80. The number of hydrogen-bond donors (Lipinski definition) is 0. The molecule has 1 aliphatic heterocycles. The van der Waals surface area contributed by atoms with Crippen LogP contribution >= 0.6 is 0 Å². The third-order valence-corrected chi connectivity index (χ3v) is 6.20. The second kappa shape index (κ2) is 6.67. The first-order chi connectivity index (χ1) is 11.5. The lowest BCUT2D eigenvalue weighted by molar-refractivity contribution is -0.162. The van der Waals surface area contributed by atoms with Gasteiger partial charge in [0.15, 0.2) is 0 Å².